The van der Waals surface area contributed by atoms with Gasteiger partial charge in [-0.05, 0) is 17.9 Å². The SMILES string of the molecule is COC(=O)c1ccnc(N2CC3CNCC3C2)n1. The Kier molecular flexibility index (Phi) is 2.87. The third-order valence-electron chi connectivity index (χ3n) is 3.71. The van der Waals surface area contributed by atoms with Gasteiger partial charge in [0.2, 0.25) is 5.95 Å². The molecule has 2 fully saturated rings. The quantitative estimate of drug-likeness (QED) is 0.738. The predicted molar refractivity (Wildman–Crippen MR) is 65.4 cm³/mol. The summed E-state index contributed by atoms with van der Waals surface area (Å²) >= 11 is 0. The topological polar surface area (TPSA) is 67.3 Å². The van der Waals surface area contributed by atoms with Crippen LogP contribution in [-0.4, -0.2) is 49.2 Å². The first-order valence-corrected chi connectivity index (χ1v) is 6.15. The largest absolute Gasteiger partial charge is 0.464 e. The van der Waals surface area contributed by atoms with Crippen molar-refractivity contribution in [2.45, 2.75) is 0 Å². The van der Waals surface area contributed by atoms with Crippen molar-refractivity contribution in [1.29, 1.82) is 0 Å². The second kappa shape index (κ2) is 4.53. The highest BCUT2D eigenvalue weighted by Crippen LogP contribution is 2.28. The molecule has 0 radical (unpaired) electrons. The Morgan fingerprint density at radius 1 is 1.44 bits per heavy atom. The summed E-state index contributed by atoms with van der Waals surface area (Å²) in [5.41, 5.74) is 0.317. The van der Waals surface area contributed by atoms with Crippen molar-refractivity contribution < 1.29 is 9.53 Å². The highest BCUT2D eigenvalue weighted by atomic mass is 16.5. The number of anilines is 1. The van der Waals surface area contributed by atoms with E-state index in [0.29, 0.717) is 23.5 Å². The van der Waals surface area contributed by atoms with E-state index in [9.17, 15) is 4.79 Å². The third-order valence-corrected chi connectivity index (χ3v) is 3.71. The lowest BCUT2D eigenvalue weighted by Gasteiger charge is -2.17. The van der Waals surface area contributed by atoms with Crippen molar-refractivity contribution in [3.63, 3.8) is 0 Å². The first-order valence-electron chi connectivity index (χ1n) is 6.15. The molecule has 18 heavy (non-hydrogen) atoms. The number of fused-ring (bicyclic) bond motifs is 1. The van der Waals surface area contributed by atoms with Gasteiger partial charge in [0, 0.05) is 32.4 Å². The van der Waals surface area contributed by atoms with Gasteiger partial charge in [0.15, 0.2) is 5.69 Å². The fourth-order valence-electron chi connectivity index (χ4n) is 2.74. The maximum absolute atomic E-state index is 11.4. The first-order chi connectivity index (χ1) is 8.78. The molecule has 0 aromatic carbocycles. The Bertz CT molecular complexity index is 453. The Morgan fingerprint density at radius 3 is 2.83 bits per heavy atom. The summed E-state index contributed by atoms with van der Waals surface area (Å²) in [5, 5.41) is 3.39. The molecule has 3 rings (SSSR count). The van der Waals surface area contributed by atoms with E-state index in [1.165, 1.54) is 7.11 Å². The Morgan fingerprint density at radius 2 is 2.17 bits per heavy atom. The summed E-state index contributed by atoms with van der Waals surface area (Å²) < 4.78 is 4.67. The lowest BCUT2D eigenvalue weighted by molar-refractivity contribution is 0.0594. The molecule has 96 valence electrons. The van der Waals surface area contributed by atoms with Crippen LogP contribution in [0.3, 0.4) is 0 Å². The molecule has 0 bridgehead atoms. The molecule has 0 aliphatic carbocycles. The van der Waals surface area contributed by atoms with Gasteiger partial charge >= 0.3 is 5.97 Å². The van der Waals surface area contributed by atoms with Gasteiger partial charge in [-0.1, -0.05) is 0 Å². The normalized spacial score (nSPS) is 26.2. The molecule has 2 atom stereocenters. The zero-order valence-corrected chi connectivity index (χ0v) is 10.3. The molecule has 0 saturated carbocycles. The van der Waals surface area contributed by atoms with Crippen LogP contribution in [0.1, 0.15) is 10.5 Å². The monoisotopic (exact) mass is 248 g/mol. The number of rotatable bonds is 2. The van der Waals surface area contributed by atoms with Gasteiger partial charge < -0.3 is 15.0 Å². The highest BCUT2D eigenvalue weighted by molar-refractivity contribution is 5.87. The van der Waals surface area contributed by atoms with E-state index in [0.717, 1.165) is 26.2 Å². The zero-order chi connectivity index (χ0) is 12.5. The number of carbonyl (C=O) groups is 1. The maximum atomic E-state index is 11.4. The van der Waals surface area contributed by atoms with Crippen LogP contribution in [0.15, 0.2) is 12.3 Å². The van der Waals surface area contributed by atoms with Gasteiger partial charge in [0.25, 0.3) is 0 Å². The van der Waals surface area contributed by atoms with Crippen LogP contribution in [0.2, 0.25) is 0 Å². The summed E-state index contributed by atoms with van der Waals surface area (Å²) in [6.07, 6.45) is 1.61. The van der Waals surface area contributed by atoms with E-state index in [2.05, 4.69) is 24.9 Å². The summed E-state index contributed by atoms with van der Waals surface area (Å²) in [6, 6.07) is 1.58. The number of aromatic nitrogens is 2. The lowest BCUT2D eigenvalue weighted by Crippen LogP contribution is -2.27. The minimum absolute atomic E-state index is 0.317. The summed E-state index contributed by atoms with van der Waals surface area (Å²) in [5.74, 6) is 1.57. The number of hydrogen-bond acceptors (Lipinski definition) is 6. The van der Waals surface area contributed by atoms with Gasteiger partial charge in [-0.15, -0.1) is 0 Å². The van der Waals surface area contributed by atoms with Crippen LogP contribution in [0.25, 0.3) is 0 Å². The number of ether oxygens (including phenoxy) is 1. The van der Waals surface area contributed by atoms with Gasteiger partial charge in [-0.2, -0.15) is 0 Å². The molecule has 6 heteroatoms. The zero-order valence-electron chi connectivity index (χ0n) is 10.3. The Hall–Kier alpha value is -1.69. The van der Waals surface area contributed by atoms with E-state index in [4.69, 9.17) is 0 Å². The third kappa shape index (κ3) is 1.92. The maximum Gasteiger partial charge on any atom is 0.356 e. The summed E-state index contributed by atoms with van der Waals surface area (Å²) in [4.78, 5) is 22.1. The molecule has 6 nitrogen and oxygen atoms in total. The average molecular weight is 248 g/mol. The van der Waals surface area contributed by atoms with Gasteiger partial charge in [0.1, 0.15) is 0 Å². The van der Waals surface area contributed by atoms with Crippen molar-refractivity contribution in [3.8, 4) is 0 Å². The van der Waals surface area contributed by atoms with Crippen LogP contribution in [0.5, 0.6) is 0 Å². The Balaban J connectivity index is 1.79. The molecule has 3 heterocycles. The van der Waals surface area contributed by atoms with Crippen LogP contribution in [0, 0.1) is 11.8 Å². The molecule has 2 unspecified atom stereocenters. The van der Waals surface area contributed by atoms with Crippen molar-refractivity contribution in [1.82, 2.24) is 15.3 Å². The molecule has 1 aromatic heterocycles. The summed E-state index contributed by atoms with van der Waals surface area (Å²) in [6.45, 7) is 4.06. The number of esters is 1. The van der Waals surface area contributed by atoms with Crippen molar-refractivity contribution in [3.05, 3.63) is 18.0 Å². The molecule has 2 aliphatic rings. The number of carbonyl (C=O) groups excluding carboxylic acids is 1. The fraction of sp³-hybridized carbons (Fsp3) is 0.583. The van der Waals surface area contributed by atoms with E-state index in [1.807, 2.05) is 0 Å². The predicted octanol–water partition coefficient (Wildman–Crippen LogP) is -0.0812. The van der Waals surface area contributed by atoms with Crippen molar-refractivity contribution in [2.24, 2.45) is 11.8 Å². The molecule has 0 spiro atoms. The minimum Gasteiger partial charge on any atom is -0.464 e. The van der Waals surface area contributed by atoms with Crippen LogP contribution in [0.4, 0.5) is 5.95 Å². The lowest BCUT2D eigenvalue weighted by atomic mass is 10.0. The van der Waals surface area contributed by atoms with Gasteiger partial charge in [-0.3, -0.25) is 0 Å². The molecular formula is C12H16N4O2. The number of nitrogens with zero attached hydrogens (tertiary/aromatic N) is 3. The van der Waals surface area contributed by atoms with Crippen LogP contribution >= 0.6 is 0 Å². The number of nitrogens with one attached hydrogen (secondary N) is 1. The Labute approximate surface area is 105 Å². The van der Waals surface area contributed by atoms with Crippen molar-refractivity contribution >= 4 is 11.9 Å². The van der Waals surface area contributed by atoms with Crippen molar-refractivity contribution in [2.75, 3.05) is 38.2 Å². The summed E-state index contributed by atoms with van der Waals surface area (Å²) in [7, 11) is 1.36. The molecule has 2 aliphatic heterocycles. The molecule has 1 N–H and O–H groups in total. The molecule has 2 saturated heterocycles. The highest BCUT2D eigenvalue weighted by Gasteiger charge is 2.37. The van der Waals surface area contributed by atoms with Gasteiger partial charge in [0.05, 0.1) is 7.11 Å². The minimum atomic E-state index is -0.417. The second-order valence-electron chi connectivity index (χ2n) is 4.82. The van der Waals surface area contributed by atoms with Crippen LogP contribution < -0.4 is 10.2 Å². The first kappa shape index (κ1) is 11.4. The molecule has 0 amide bonds. The standard InChI is InChI=1S/C12H16N4O2/c1-18-11(17)10-2-3-14-12(15-10)16-6-8-4-13-5-9(8)7-16/h2-3,8-9,13H,4-7H2,1H3. The average Bonchev–Trinajstić information content (AvgIpc) is 2.98. The smallest absolute Gasteiger partial charge is 0.356 e. The second-order valence-corrected chi connectivity index (χ2v) is 4.82. The molecular weight excluding hydrogens is 232 g/mol. The van der Waals surface area contributed by atoms with E-state index >= 15 is 0 Å². The van der Waals surface area contributed by atoms with E-state index in [1.54, 1.807) is 12.3 Å². The fourth-order valence-corrected chi connectivity index (χ4v) is 2.74. The number of methoxy groups -OCH3 is 1. The van der Waals surface area contributed by atoms with Gasteiger partial charge in [-0.25, -0.2) is 14.8 Å². The van der Waals surface area contributed by atoms with E-state index < -0.39 is 5.97 Å². The number of hydrogen-bond donors (Lipinski definition) is 1. The molecule has 1 aromatic rings. The van der Waals surface area contributed by atoms with E-state index in [-0.39, 0.29) is 0 Å². The van der Waals surface area contributed by atoms with Crippen LogP contribution in [-0.2, 0) is 4.74 Å².